The Morgan fingerprint density at radius 2 is 1.83 bits per heavy atom. The van der Waals surface area contributed by atoms with Gasteiger partial charge in [-0.05, 0) is 67.6 Å². The van der Waals surface area contributed by atoms with E-state index in [0.29, 0.717) is 43.2 Å². The standard InChI is InChI=1S/C28H37ClN2O4/c1-3-26(28(33)30-23-10-5-4-6-11-23)31(20-21-9-7-12-25(19-21)34-2)27(32)13-8-18-35-24-16-14-22(29)15-17-24/h7,9,12,14-17,19,23,26H,3-6,8,10-11,13,18,20H2,1-2H3,(H,30,33). The van der Waals surface area contributed by atoms with Crippen molar-refractivity contribution in [3.05, 3.63) is 59.1 Å². The molecule has 2 aromatic rings. The third-order valence-electron chi connectivity index (χ3n) is 6.44. The molecule has 2 amide bonds. The van der Waals surface area contributed by atoms with Crippen molar-refractivity contribution in [1.29, 1.82) is 0 Å². The summed E-state index contributed by atoms with van der Waals surface area (Å²) in [6.07, 6.45) is 6.92. The van der Waals surface area contributed by atoms with Gasteiger partial charge in [-0.3, -0.25) is 9.59 Å². The number of rotatable bonds is 12. The van der Waals surface area contributed by atoms with Gasteiger partial charge in [-0.2, -0.15) is 0 Å². The molecule has 1 aliphatic carbocycles. The van der Waals surface area contributed by atoms with Crippen LogP contribution >= 0.6 is 11.6 Å². The molecule has 1 atom stereocenters. The zero-order valence-corrected chi connectivity index (χ0v) is 21.6. The van der Waals surface area contributed by atoms with Crippen LogP contribution in [-0.4, -0.2) is 42.5 Å². The van der Waals surface area contributed by atoms with Crippen molar-refractivity contribution >= 4 is 23.4 Å². The zero-order valence-electron chi connectivity index (χ0n) is 20.8. The highest BCUT2D eigenvalue weighted by Crippen LogP contribution is 2.21. The topological polar surface area (TPSA) is 67.9 Å². The molecule has 7 heteroatoms. The number of benzene rings is 2. The second-order valence-corrected chi connectivity index (χ2v) is 9.48. The van der Waals surface area contributed by atoms with E-state index in [-0.39, 0.29) is 17.9 Å². The fraction of sp³-hybridized carbons (Fsp3) is 0.500. The van der Waals surface area contributed by atoms with Crippen LogP contribution in [0.2, 0.25) is 5.02 Å². The molecule has 1 N–H and O–H groups in total. The first-order valence-electron chi connectivity index (χ1n) is 12.6. The summed E-state index contributed by atoms with van der Waals surface area (Å²) < 4.78 is 11.1. The Bertz CT molecular complexity index is 944. The number of nitrogens with one attached hydrogen (secondary N) is 1. The van der Waals surface area contributed by atoms with E-state index in [1.807, 2.05) is 43.3 Å². The SMILES string of the molecule is CCC(C(=O)NC1CCCCC1)N(Cc1cccc(OC)c1)C(=O)CCCOc1ccc(Cl)cc1. The highest BCUT2D eigenvalue weighted by molar-refractivity contribution is 6.30. The van der Waals surface area contributed by atoms with Gasteiger partial charge in [0.15, 0.2) is 0 Å². The van der Waals surface area contributed by atoms with E-state index in [2.05, 4.69) is 5.32 Å². The minimum atomic E-state index is -0.521. The Hall–Kier alpha value is -2.73. The highest BCUT2D eigenvalue weighted by atomic mass is 35.5. The third kappa shape index (κ3) is 8.46. The summed E-state index contributed by atoms with van der Waals surface area (Å²) in [5.41, 5.74) is 0.930. The highest BCUT2D eigenvalue weighted by Gasteiger charge is 2.30. The molecule has 0 spiro atoms. The molecule has 1 saturated carbocycles. The summed E-state index contributed by atoms with van der Waals surface area (Å²) >= 11 is 5.92. The Balaban J connectivity index is 1.66. The third-order valence-corrected chi connectivity index (χ3v) is 6.69. The van der Waals surface area contributed by atoms with Gasteiger partial charge in [0.05, 0.1) is 13.7 Å². The lowest BCUT2D eigenvalue weighted by atomic mass is 9.95. The van der Waals surface area contributed by atoms with Crippen LogP contribution in [0.5, 0.6) is 11.5 Å². The van der Waals surface area contributed by atoms with Gasteiger partial charge in [-0.15, -0.1) is 0 Å². The molecule has 2 aromatic carbocycles. The lowest BCUT2D eigenvalue weighted by molar-refractivity contribution is -0.142. The first-order valence-corrected chi connectivity index (χ1v) is 13.0. The Morgan fingerprint density at radius 1 is 1.09 bits per heavy atom. The molecule has 0 saturated heterocycles. The van der Waals surface area contributed by atoms with Crippen LogP contribution in [0.4, 0.5) is 0 Å². The molecular weight excluding hydrogens is 464 g/mol. The quantitative estimate of drug-likeness (QED) is 0.376. The first-order chi connectivity index (χ1) is 17.0. The van der Waals surface area contributed by atoms with E-state index >= 15 is 0 Å². The van der Waals surface area contributed by atoms with Crippen LogP contribution in [0.15, 0.2) is 48.5 Å². The normalized spacial score (nSPS) is 14.7. The van der Waals surface area contributed by atoms with Crippen LogP contribution in [-0.2, 0) is 16.1 Å². The largest absolute Gasteiger partial charge is 0.497 e. The monoisotopic (exact) mass is 500 g/mol. The van der Waals surface area contributed by atoms with Crippen LogP contribution < -0.4 is 14.8 Å². The predicted molar refractivity (Wildman–Crippen MR) is 139 cm³/mol. The fourth-order valence-electron chi connectivity index (χ4n) is 4.52. The molecule has 1 unspecified atom stereocenters. The van der Waals surface area contributed by atoms with Crippen molar-refractivity contribution in [2.45, 2.75) is 76.9 Å². The van der Waals surface area contributed by atoms with E-state index < -0.39 is 6.04 Å². The number of carbonyl (C=O) groups is 2. The van der Waals surface area contributed by atoms with E-state index in [0.717, 1.165) is 37.0 Å². The summed E-state index contributed by atoms with van der Waals surface area (Å²) in [6, 6.07) is 14.5. The van der Waals surface area contributed by atoms with Gasteiger partial charge in [-0.25, -0.2) is 0 Å². The summed E-state index contributed by atoms with van der Waals surface area (Å²) in [6.45, 7) is 2.72. The van der Waals surface area contributed by atoms with Gasteiger partial charge in [0, 0.05) is 24.0 Å². The molecule has 0 aromatic heterocycles. The van der Waals surface area contributed by atoms with Gasteiger partial charge in [0.2, 0.25) is 11.8 Å². The molecule has 35 heavy (non-hydrogen) atoms. The maximum atomic E-state index is 13.4. The van der Waals surface area contributed by atoms with Crippen LogP contribution in [0.3, 0.4) is 0 Å². The first kappa shape index (κ1) is 26.9. The Morgan fingerprint density at radius 3 is 2.51 bits per heavy atom. The summed E-state index contributed by atoms with van der Waals surface area (Å²) in [7, 11) is 1.62. The van der Waals surface area contributed by atoms with Crippen molar-refractivity contribution in [3.63, 3.8) is 0 Å². The number of amides is 2. The molecule has 0 aliphatic heterocycles. The number of methoxy groups -OCH3 is 1. The number of carbonyl (C=O) groups excluding carboxylic acids is 2. The van der Waals surface area contributed by atoms with E-state index in [1.54, 1.807) is 24.1 Å². The van der Waals surface area contributed by atoms with Gasteiger partial charge in [0.1, 0.15) is 17.5 Å². The van der Waals surface area contributed by atoms with Gasteiger partial charge < -0.3 is 19.7 Å². The number of halogens is 1. The molecule has 1 aliphatic rings. The van der Waals surface area contributed by atoms with Crippen molar-refractivity contribution in [2.24, 2.45) is 0 Å². The Labute approximate surface area is 213 Å². The van der Waals surface area contributed by atoms with Gasteiger partial charge in [-0.1, -0.05) is 49.9 Å². The maximum Gasteiger partial charge on any atom is 0.243 e. The molecule has 0 radical (unpaired) electrons. The van der Waals surface area contributed by atoms with E-state index in [1.165, 1.54) is 6.42 Å². The minimum Gasteiger partial charge on any atom is -0.497 e. The molecule has 3 rings (SSSR count). The van der Waals surface area contributed by atoms with Crippen LogP contribution in [0, 0.1) is 0 Å². The van der Waals surface area contributed by atoms with Crippen molar-refractivity contribution < 1.29 is 19.1 Å². The smallest absolute Gasteiger partial charge is 0.243 e. The van der Waals surface area contributed by atoms with Gasteiger partial charge >= 0.3 is 0 Å². The summed E-state index contributed by atoms with van der Waals surface area (Å²) in [5, 5.41) is 3.86. The minimum absolute atomic E-state index is 0.0572. The second-order valence-electron chi connectivity index (χ2n) is 9.05. The molecule has 190 valence electrons. The average Bonchev–Trinajstić information content (AvgIpc) is 2.88. The van der Waals surface area contributed by atoms with Crippen molar-refractivity contribution in [3.8, 4) is 11.5 Å². The second kappa shape index (κ2) is 14.0. The number of nitrogens with zero attached hydrogens (tertiary/aromatic N) is 1. The van der Waals surface area contributed by atoms with E-state index in [4.69, 9.17) is 21.1 Å². The maximum absolute atomic E-state index is 13.4. The Kier molecular flexibility index (Phi) is 10.7. The lowest BCUT2D eigenvalue weighted by Crippen LogP contribution is -2.51. The van der Waals surface area contributed by atoms with Crippen LogP contribution in [0.25, 0.3) is 0 Å². The molecule has 0 bridgehead atoms. The zero-order chi connectivity index (χ0) is 25.0. The molecule has 0 heterocycles. The lowest BCUT2D eigenvalue weighted by Gasteiger charge is -2.33. The molecular formula is C28H37ClN2O4. The van der Waals surface area contributed by atoms with Crippen molar-refractivity contribution in [2.75, 3.05) is 13.7 Å². The predicted octanol–water partition coefficient (Wildman–Crippen LogP) is 5.76. The van der Waals surface area contributed by atoms with Crippen molar-refractivity contribution in [1.82, 2.24) is 10.2 Å². The fourth-order valence-corrected chi connectivity index (χ4v) is 4.65. The molecule has 1 fully saturated rings. The number of ether oxygens (including phenoxy) is 2. The summed E-state index contributed by atoms with van der Waals surface area (Å²) in [4.78, 5) is 28.4. The number of hydrogen-bond acceptors (Lipinski definition) is 4. The summed E-state index contributed by atoms with van der Waals surface area (Å²) in [5.74, 6) is 1.32. The molecule has 6 nitrogen and oxygen atoms in total. The van der Waals surface area contributed by atoms with E-state index in [9.17, 15) is 9.59 Å². The van der Waals surface area contributed by atoms with Crippen LogP contribution in [0.1, 0.15) is 63.9 Å². The average molecular weight is 501 g/mol. The van der Waals surface area contributed by atoms with Gasteiger partial charge in [0.25, 0.3) is 0 Å². The number of hydrogen-bond donors (Lipinski definition) is 1.